The van der Waals surface area contributed by atoms with Crippen molar-refractivity contribution >= 4 is 22.7 Å². The number of rotatable bonds is 2. The third-order valence-electron chi connectivity index (χ3n) is 3.36. The Bertz CT molecular complexity index is 982. The van der Waals surface area contributed by atoms with Gasteiger partial charge in [0.1, 0.15) is 16.5 Å². The van der Waals surface area contributed by atoms with Gasteiger partial charge in [0.15, 0.2) is 0 Å². The summed E-state index contributed by atoms with van der Waals surface area (Å²) in [4.78, 5) is 23.4. The van der Waals surface area contributed by atoms with E-state index in [-0.39, 0.29) is 10.6 Å². The van der Waals surface area contributed by atoms with E-state index >= 15 is 0 Å². The highest BCUT2D eigenvalue weighted by molar-refractivity contribution is 7.99. The number of nitrogens with one attached hydrogen (secondary N) is 1. The molecule has 0 unspecified atom stereocenters. The van der Waals surface area contributed by atoms with Gasteiger partial charge in [0.2, 0.25) is 0 Å². The van der Waals surface area contributed by atoms with E-state index in [1.165, 1.54) is 12.1 Å². The number of halogens is 3. The molecule has 4 nitrogen and oxygen atoms in total. The molecule has 124 valence electrons. The summed E-state index contributed by atoms with van der Waals surface area (Å²) >= 11 is 1.02. The van der Waals surface area contributed by atoms with E-state index in [0.29, 0.717) is 21.6 Å². The largest absolute Gasteiger partial charge is 0.433 e. The summed E-state index contributed by atoms with van der Waals surface area (Å²) in [5.41, 5.74) is -0.0249. The van der Waals surface area contributed by atoms with E-state index in [2.05, 4.69) is 15.0 Å². The quantitative estimate of drug-likeness (QED) is 0.755. The van der Waals surface area contributed by atoms with Crippen LogP contribution in [0.3, 0.4) is 0 Å². The number of nitrogens with zero attached hydrogens (tertiary/aromatic N) is 2. The van der Waals surface area contributed by atoms with Crippen LogP contribution in [0.2, 0.25) is 0 Å². The van der Waals surface area contributed by atoms with E-state index in [1.807, 2.05) is 0 Å². The highest BCUT2D eigenvalue weighted by Gasteiger charge is 2.32. The topological polar surface area (TPSA) is 58.6 Å². The Kier molecular flexibility index (Phi) is 4.08. The Morgan fingerprint density at radius 1 is 1.08 bits per heavy atom. The summed E-state index contributed by atoms with van der Waals surface area (Å²) in [6.45, 7) is 3.45. The number of H-pyrrole nitrogens is 1. The molecule has 0 bridgehead atoms. The van der Waals surface area contributed by atoms with E-state index < -0.39 is 11.9 Å². The normalized spacial score (nSPS) is 11.9. The molecule has 3 rings (SSSR count). The van der Waals surface area contributed by atoms with Crippen molar-refractivity contribution in [3.63, 3.8) is 0 Å². The van der Waals surface area contributed by atoms with Crippen LogP contribution >= 0.6 is 11.8 Å². The Balaban J connectivity index is 2.14. The molecule has 0 amide bonds. The first-order valence-electron chi connectivity index (χ1n) is 6.98. The molecule has 0 radical (unpaired) electrons. The van der Waals surface area contributed by atoms with Gasteiger partial charge in [-0.2, -0.15) is 13.2 Å². The summed E-state index contributed by atoms with van der Waals surface area (Å²) in [6, 6.07) is 7.19. The van der Waals surface area contributed by atoms with Crippen molar-refractivity contribution in [1.29, 1.82) is 0 Å². The second-order valence-electron chi connectivity index (χ2n) is 5.22. The van der Waals surface area contributed by atoms with Gasteiger partial charge in [-0.3, -0.25) is 4.79 Å². The molecular weight excluding hydrogens is 339 g/mol. The Morgan fingerprint density at radius 3 is 2.54 bits per heavy atom. The predicted molar refractivity (Wildman–Crippen MR) is 85.2 cm³/mol. The number of aromatic nitrogens is 3. The van der Waals surface area contributed by atoms with Crippen LogP contribution in [-0.2, 0) is 6.18 Å². The molecule has 0 aliphatic heterocycles. The lowest BCUT2D eigenvalue weighted by atomic mass is 10.1. The average Bonchev–Trinajstić information content (AvgIpc) is 2.49. The van der Waals surface area contributed by atoms with Crippen LogP contribution in [-0.4, -0.2) is 15.0 Å². The molecule has 2 aromatic heterocycles. The number of pyridine rings is 1. The number of aromatic amines is 1. The van der Waals surface area contributed by atoms with Gasteiger partial charge in [-0.25, -0.2) is 9.97 Å². The molecule has 0 fully saturated rings. The van der Waals surface area contributed by atoms with E-state index in [9.17, 15) is 18.0 Å². The fourth-order valence-corrected chi connectivity index (χ4v) is 3.32. The fourth-order valence-electron chi connectivity index (χ4n) is 2.29. The summed E-state index contributed by atoms with van der Waals surface area (Å²) in [5, 5.41) is 0.519. The third-order valence-corrected chi connectivity index (χ3v) is 4.53. The Morgan fingerprint density at radius 2 is 1.83 bits per heavy atom. The van der Waals surface area contributed by atoms with E-state index in [4.69, 9.17) is 0 Å². The van der Waals surface area contributed by atoms with E-state index in [0.717, 1.165) is 23.4 Å². The molecule has 3 aromatic rings. The van der Waals surface area contributed by atoms with Crippen molar-refractivity contribution in [2.45, 2.75) is 29.9 Å². The maximum atomic E-state index is 12.8. The van der Waals surface area contributed by atoms with Crippen LogP contribution in [0.15, 0.2) is 45.0 Å². The molecule has 0 spiro atoms. The molecule has 0 aliphatic rings. The van der Waals surface area contributed by atoms with Gasteiger partial charge in [0.25, 0.3) is 5.56 Å². The lowest BCUT2D eigenvalue weighted by Crippen LogP contribution is -2.11. The van der Waals surface area contributed by atoms with Crippen molar-refractivity contribution in [3.8, 4) is 0 Å². The average molecular weight is 351 g/mol. The number of benzene rings is 1. The van der Waals surface area contributed by atoms with Crippen LogP contribution in [0.4, 0.5) is 13.2 Å². The number of fused-ring (bicyclic) bond motifs is 1. The summed E-state index contributed by atoms with van der Waals surface area (Å²) in [7, 11) is 0. The summed E-state index contributed by atoms with van der Waals surface area (Å²) < 4.78 is 38.4. The highest BCUT2D eigenvalue weighted by Crippen LogP contribution is 2.35. The zero-order chi connectivity index (χ0) is 17.5. The minimum absolute atomic E-state index is 0.167. The number of alkyl halides is 3. The van der Waals surface area contributed by atoms with Crippen molar-refractivity contribution in [2.75, 3.05) is 0 Å². The molecule has 0 aliphatic carbocycles. The summed E-state index contributed by atoms with van der Waals surface area (Å²) in [6.07, 6.45) is -4.51. The van der Waals surface area contributed by atoms with Gasteiger partial charge in [0.05, 0.1) is 10.9 Å². The molecule has 0 atom stereocenters. The molecule has 0 saturated heterocycles. The maximum absolute atomic E-state index is 12.8. The molecule has 24 heavy (non-hydrogen) atoms. The van der Waals surface area contributed by atoms with Crippen molar-refractivity contribution < 1.29 is 13.2 Å². The molecular formula is C16H12F3N3OS. The first-order chi connectivity index (χ1) is 11.3. The van der Waals surface area contributed by atoms with Crippen molar-refractivity contribution in [1.82, 2.24) is 15.0 Å². The smallest absolute Gasteiger partial charge is 0.310 e. The monoisotopic (exact) mass is 351 g/mol. The minimum atomic E-state index is -4.51. The maximum Gasteiger partial charge on any atom is 0.433 e. The summed E-state index contributed by atoms with van der Waals surface area (Å²) in [5.74, 6) is 0.476. The lowest BCUT2D eigenvalue weighted by Gasteiger charge is -2.11. The number of aryl methyl sites for hydroxylation is 2. The van der Waals surface area contributed by atoms with Crippen LogP contribution in [0.5, 0.6) is 0 Å². The van der Waals surface area contributed by atoms with Crippen LogP contribution in [0.25, 0.3) is 10.9 Å². The van der Waals surface area contributed by atoms with Gasteiger partial charge in [-0.05, 0) is 37.6 Å². The second-order valence-corrected chi connectivity index (χ2v) is 6.25. The standard InChI is InChI=1S/C16H12F3N3OS/c1-8-6-7-10-13(15(23)21-9(2)20-10)14(8)24-12-5-3-4-11(22-12)16(17,18)19/h3-7H,1-2H3,(H,20,21,23). The number of hydrogen-bond donors (Lipinski definition) is 1. The number of hydrogen-bond acceptors (Lipinski definition) is 4. The van der Waals surface area contributed by atoms with E-state index in [1.54, 1.807) is 26.0 Å². The first kappa shape index (κ1) is 16.5. The Hall–Kier alpha value is -2.35. The van der Waals surface area contributed by atoms with Crippen molar-refractivity contribution in [3.05, 3.63) is 57.8 Å². The predicted octanol–water partition coefficient (Wildman–Crippen LogP) is 4.10. The zero-order valence-electron chi connectivity index (χ0n) is 12.7. The van der Waals surface area contributed by atoms with Gasteiger partial charge >= 0.3 is 6.18 Å². The first-order valence-corrected chi connectivity index (χ1v) is 7.79. The molecule has 8 heteroatoms. The molecule has 0 saturated carbocycles. The lowest BCUT2D eigenvalue weighted by molar-refractivity contribution is -0.141. The molecule has 1 aromatic carbocycles. The van der Waals surface area contributed by atoms with Gasteiger partial charge in [-0.15, -0.1) is 0 Å². The van der Waals surface area contributed by atoms with Gasteiger partial charge in [0, 0.05) is 4.90 Å². The van der Waals surface area contributed by atoms with Gasteiger partial charge in [-0.1, -0.05) is 23.9 Å². The Labute approximate surface area is 139 Å². The second kappa shape index (κ2) is 5.94. The molecule has 1 N–H and O–H groups in total. The third kappa shape index (κ3) is 3.14. The van der Waals surface area contributed by atoms with Crippen LogP contribution in [0.1, 0.15) is 17.1 Å². The molecule has 2 heterocycles. The van der Waals surface area contributed by atoms with Gasteiger partial charge < -0.3 is 4.98 Å². The highest BCUT2D eigenvalue weighted by atomic mass is 32.2. The van der Waals surface area contributed by atoms with Crippen LogP contribution in [0, 0.1) is 13.8 Å². The minimum Gasteiger partial charge on any atom is -0.310 e. The SMILES string of the molecule is Cc1nc2ccc(C)c(Sc3cccc(C(F)(F)F)n3)c2c(=O)[nH]1. The zero-order valence-corrected chi connectivity index (χ0v) is 13.5. The fraction of sp³-hybridized carbons (Fsp3) is 0.188. The van der Waals surface area contributed by atoms with Crippen LogP contribution < -0.4 is 5.56 Å². The van der Waals surface area contributed by atoms with Crippen molar-refractivity contribution in [2.24, 2.45) is 0 Å².